The lowest BCUT2D eigenvalue weighted by Crippen LogP contribution is -2.13. The second-order valence-corrected chi connectivity index (χ2v) is 8.00. The fraction of sp³-hybridized carbons (Fsp3) is 0.115. The predicted molar refractivity (Wildman–Crippen MR) is 134 cm³/mol. The SMILES string of the molecule is COc1ccc(OC)c(-c2nn(-c3ccccc3)cc2C(=O)Nc2ccc(F)c(-n3nnnc3C)c2)c1. The first-order chi connectivity index (χ1) is 18.0. The van der Waals surface area contributed by atoms with Crippen LogP contribution in [0.25, 0.3) is 22.6 Å². The first-order valence-electron chi connectivity index (χ1n) is 11.2. The lowest BCUT2D eigenvalue weighted by molar-refractivity contribution is 0.102. The highest BCUT2D eigenvalue weighted by Gasteiger charge is 2.23. The Bertz CT molecular complexity index is 1580. The van der Waals surface area contributed by atoms with E-state index >= 15 is 0 Å². The molecule has 0 aliphatic rings. The average molecular weight is 500 g/mol. The molecule has 0 unspecified atom stereocenters. The van der Waals surface area contributed by atoms with Gasteiger partial charge in [0.25, 0.3) is 5.91 Å². The van der Waals surface area contributed by atoms with E-state index in [-0.39, 0.29) is 11.3 Å². The highest BCUT2D eigenvalue weighted by molar-refractivity contribution is 6.08. The summed E-state index contributed by atoms with van der Waals surface area (Å²) in [6.45, 7) is 1.65. The van der Waals surface area contributed by atoms with E-state index in [2.05, 4.69) is 20.8 Å². The summed E-state index contributed by atoms with van der Waals surface area (Å²) in [6, 6.07) is 18.8. The Morgan fingerprint density at radius 3 is 2.51 bits per heavy atom. The van der Waals surface area contributed by atoms with Crippen LogP contribution in [0.1, 0.15) is 16.2 Å². The molecular formula is C26H22FN7O3. The molecule has 2 aromatic heterocycles. The van der Waals surface area contributed by atoms with Crippen LogP contribution < -0.4 is 14.8 Å². The van der Waals surface area contributed by atoms with Gasteiger partial charge < -0.3 is 14.8 Å². The Balaban J connectivity index is 1.58. The van der Waals surface area contributed by atoms with E-state index in [1.165, 1.54) is 22.9 Å². The molecule has 3 aromatic carbocycles. The molecular weight excluding hydrogens is 477 g/mol. The van der Waals surface area contributed by atoms with Crippen LogP contribution in [0.2, 0.25) is 0 Å². The lowest BCUT2D eigenvalue weighted by atomic mass is 10.1. The van der Waals surface area contributed by atoms with Gasteiger partial charge in [-0.2, -0.15) is 9.78 Å². The molecule has 1 N–H and O–H groups in total. The zero-order valence-corrected chi connectivity index (χ0v) is 20.2. The highest BCUT2D eigenvalue weighted by atomic mass is 19.1. The number of nitrogens with zero attached hydrogens (tertiary/aromatic N) is 6. The monoisotopic (exact) mass is 499 g/mol. The Kier molecular flexibility index (Phi) is 6.33. The van der Waals surface area contributed by atoms with Crippen molar-refractivity contribution in [2.75, 3.05) is 19.5 Å². The summed E-state index contributed by atoms with van der Waals surface area (Å²) in [5, 5.41) is 18.7. The Morgan fingerprint density at radius 2 is 1.81 bits per heavy atom. The molecule has 0 atom stereocenters. The summed E-state index contributed by atoms with van der Waals surface area (Å²) in [6.07, 6.45) is 1.63. The third kappa shape index (κ3) is 4.61. The third-order valence-corrected chi connectivity index (χ3v) is 5.70. The number of hydrogen-bond donors (Lipinski definition) is 1. The summed E-state index contributed by atoms with van der Waals surface area (Å²) in [4.78, 5) is 13.6. The number of rotatable bonds is 7. The number of aromatic nitrogens is 6. The van der Waals surface area contributed by atoms with Crippen molar-refractivity contribution < 1.29 is 18.7 Å². The molecule has 11 heteroatoms. The summed E-state index contributed by atoms with van der Waals surface area (Å²) < 4.78 is 28.3. The Labute approximate surface area is 211 Å². The van der Waals surface area contributed by atoms with Crippen molar-refractivity contribution in [2.45, 2.75) is 6.92 Å². The number of carbonyl (C=O) groups excluding carboxylic acids is 1. The number of hydrogen-bond acceptors (Lipinski definition) is 7. The van der Waals surface area contributed by atoms with Crippen molar-refractivity contribution >= 4 is 11.6 Å². The van der Waals surface area contributed by atoms with E-state index in [1.54, 1.807) is 50.2 Å². The average Bonchev–Trinajstić information content (AvgIpc) is 3.56. The molecule has 5 rings (SSSR count). The molecule has 1 amide bonds. The van der Waals surface area contributed by atoms with Gasteiger partial charge in [0.05, 0.1) is 25.5 Å². The molecule has 0 saturated carbocycles. The van der Waals surface area contributed by atoms with Gasteiger partial charge in [0.2, 0.25) is 0 Å². The number of anilines is 1. The van der Waals surface area contributed by atoms with E-state index < -0.39 is 11.7 Å². The number of para-hydroxylation sites is 1. The van der Waals surface area contributed by atoms with Crippen molar-refractivity contribution in [1.29, 1.82) is 0 Å². The van der Waals surface area contributed by atoms with Crippen molar-refractivity contribution in [1.82, 2.24) is 30.0 Å². The van der Waals surface area contributed by atoms with Gasteiger partial charge >= 0.3 is 0 Å². The van der Waals surface area contributed by atoms with Gasteiger partial charge in [0, 0.05) is 17.4 Å². The maximum absolute atomic E-state index is 14.5. The standard InChI is InChI=1S/C26H22FN7O3/c1-16-29-31-32-34(16)23-13-17(9-11-22(23)27)28-26(35)21-15-33(18-7-5-4-6-8-18)30-25(21)20-14-19(36-2)10-12-24(20)37-3/h4-15H,1-3H3,(H,28,35). The molecule has 10 nitrogen and oxygen atoms in total. The number of halogens is 1. The van der Waals surface area contributed by atoms with Gasteiger partial charge in [-0.25, -0.2) is 9.07 Å². The number of aryl methyl sites for hydroxylation is 1. The van der Waals surface area contributed by atoms with Gasteiger partial charge in [-0.15, -0.1) is 5.10 Å². The molecule has 0 radical (unpaired) electrons. The van der Waals surface area contributed by atoms with Crippen LogP contribution in [0.5, 0.6) is 11.5 Å². The van der Waals surface area contributed by atoms with E-state index in [9.17, 15) is 9.18 Å². The number of tetrazole rings is 1. The number of carbonyl (C=O) groups is 1. The third-order valence-electron chi connectivity index (χ3n) is 5.70. The normalized spacial score (nSPS) is 10.8. The molecule has 5 aromatic rings. The first-order valence-corrected chi connectivity index (χ1v) is 11.2. The fourth-order valence-corrected chi connectivity index (χ4v) is 3.86. The molecule has 0 bridgehead atoms. The van der Waals surface area contributed by atoms with E-state index in [0.29, 0.717) is 34.3 Å². The summed E-state index contributed by atoms with van der Waals surface area (Å²) in [5.74, 6) is 0.516. The zero-order valence-electron chi connectivity index (χ0n) is 20.2. The quantitative estimate of drug-likeness (QED) is 0.357. The smallest absolute Gasteiger partial charge is 0.259 e. The Hall–Kier alpha value is -5.06. The number of ether oxygens (including phenoxy) is 2. The summed E-state index contributed by atoms with van der Waals surface area (Å²) in [5.41, 5.74) is 2.46. The van der Waals surface area contributed by atoms with Crippen LogP contribution in [-0.2, 0) is 0 Å². The van der Waals surface area contributed by atoms with Crippen molar-refractivity contribution in [3.8, 4) is 34.1 Å². The minimum absolute atomic E-state index is 0.106. The molecule has 0 aliphatic carbocycles. The number of benzene rings is 3. The van der Waals surface area contributed by atoms with Crippen LogP contribution >= 0.6 is 0 Å². The molecule has 2 heterocycles. The van der Waals surface area contributed by atoms with E-state index in [0.717, 1.165) is 5.69 Å². The summed E-state index contributed by atoms with van der Waals surface area (Å²) >= 11 is 0. The fourth-order valence-electron chi connectivity index (χ4n) is 3.86. The van der Waals surface area contributed by atoms with Gasteiger partial charge in [-0.3, -0.25) is 4.79 Å². The zero-order chi connectivity index (χ0) is 25.9. The maximum Gasteiger partial charge on any atom is 0.259 e. The number of methoxy groups -OCH3 is 2. The van der Waals surface area contributed by atoms with Crippen molar-refractivity contribution in [2.24, 2.45) is 0 Å². The second-order valence-electron chi connectivity index (χ2n) is 8.00. The minimum atomic E-state index is -0.535. The summed E-state index contributed by atoms with van der Waals surface area (Å²) in [7, 11) is 3.10. The van der Waals surface area contributed by atoms with Gasteiger partial charge in [0.1, 0.15) is 28.7 Å². The molecule has 186 valence electrons. The Morgan fingerprint density at radius 1 is 1.00 bits per heavy atom. The van der Waals surface area contributed by atoms with E-state index in [4.69, 9.17) is 14.6 Å². The molecule has 0 spiro atoms. The van der Waals surface area contributed by atoms with Crippen molar-refractivity contribution in [3.05, 3.63) is 90.1 Å². The largest absolute Gasteiger partial charge is 0.497 e. The van der Waals surface area contributed by atoms with Crippen LogP contribution in [-0.4, -0.2) is 50.1 Å². The second kappa shape index (κ2) is 9.90. The van der Waals surface area contributed by atoms with Crippen LogP contribution in [0, 0.1) is 12.7 Å². The molecule has 0 saturated heterocycles. The lowest BCUT2D eigenvalue weighted by Gasteiger charge is -2.11. The van der Waals surface area contributed by atoms with Gasteiger partial charge in [-0.05, 0) is 65.9 Å². The van der Waals surface area contributed by atoms with E-state index in [1.807, 2.05) is 30.3 Å². The predicted octanol–water partition coefficient (Wildman–Crippen LogP) is 4.23. The van der Waals surface area contributed by atoms with Gasteiger partial charge in [-0.1, -0.05) is 18.2 Å². The highest BCUT2D eigenvalue weighted by Crippen LogP contribution is 2.35. The first kappa shape index (κ1) is 23.7. The molecule has 37 heavy (non-hydrogen) atoms. The molecule has 0 aliphatic heterocycles. The topological polar surface area (TPSA) is 109 Å². The molecule has 0 fully saturated rings. The van der Waals surface area contributed by atoms with Crippen molar-refractivity contribution in [3.63, 3.8) is 0 Å². The van der Waals surface area contributed by atoms with Crippen LogP contribution in [0.4, 0.5) is 10.1 Å². The van der Waals surface area contributed by atoms with Gasteiger partial charge in [0.15, 0.2) is 5.82 Å². The van der Waals surface area contributed by atoms with Crippen LogP contribution in [0.15, 0.2) is 72.9 Å². The number of nitrogens with one attached hydrogen (secondary N) is 1. The maximum atomic E-state index is 14.5. The van der Waals surface area contributed by atoms with Crippen LogP contribution in [0.3, 0.4) is 0 Å². The minimum Gasteiger partial charge on any atom is -0.497 e. The number of amides is 1.